The molecule has 96 valence electrons. The first-order chi connectivity index (χ1) is 8.15. The quantitative estimate of drug-likeness (QED) is 0.584. The van der Waals surface area contributed by atoms with Gasteiger partial charge in [-0.25, -0.2) is 0 Å². The largest absolute Gasteiger partial charge is 0.378 e. The molecular formula is C11H19N3O3. The SMILES string of the molecule is CC1CC(CN2CCCN/C2=C\[N+](=O)[O-])CO1. The van der Waals surface area contributed by atoms with Crippen LogP contribution in [0.4, 0.5) is 0 Å². The van der Waals surface area contributed by atoms with Crippen LogP contribution in [-0.4, -0.2) is 42.2 Å². The Hall–Kier alpha value is -1.30. The van der Waals surface area contributed by atoms with Crippen LogP contribution >= 0.6 is 0 Å². The van der Waals surface area contributed by atoms with Crippen molar-refractivity contribution in [2.24, 2.45) is 5.92 Å². The minimum absolute atomic E-state index is 0.320. The van der Waals surface area contributed by atoms with E-state index >= 15 is 0 Å². The fourth-order valence-electron chi connectivity index (χ4n) is 2.48. The van der Waals surface area contributed by atoms with Crippen molar-refractivity contribution >= 4 is 0 Å². The summed E-state index contributed by atoms with van der Waals surface area (Å²) in [6.07, 6.45) is 3.46. The minimum atomic E-state index is -0.394. The Bertz CT molecular complexity index is 319. The summed E-state index contributed by atoms with van der Waals surface area (Å²) in [6.45, 7) is 5.38. The zero-order valence-electron chi connectivity index (χ0n) is 10.1. The summed E-state index contributed by atoms with van der Waals surface area (Å²) in [5.74, 6) is 1.13. The zero-order chi connectivity index (χ0) is 12.3. The number of nitrogens with one attached hydrogen (secondary N) is 1. The Kier molecular flexibility index (Phi) is 3.83. The molecule has 2 rings (SSSR count). The third-order valence-corrected chi connectivity index (χ3v) is 3.24. The van der Waals surface area contributed by atoms with E-state index in [4.69, 9.17) is 4.74 Å². The van der Waals surface area contributed by atoms with Gasteiger partial charge in [0.15, 0.2) is 5.82 Å². The number of rotatable bonds is 3. The zero-order valence-corrected chi connectivity index (χ0v) is 10.1. The number of hydrogen-bond acceptors (Lipinski definition) is 5. The Labute approximate surface area is 101 Å². The molecule has 0 aromatic heterocycles. The number of nitro groups is 1. The Morgan fingerprint density at radius 1 is 1.71 bits per heavy atom. The second-order valence-corrected chi connectivity index (χ2v) is 4.77. The smallest absolute Gasteiger partial charge is 0.274 e. The van der Waals surface area contributed by atoms with Crippen molar-refractivity contribution in [3.8, 4) is 0 Å². The van der Waals surface area contributed by atoms with Crippen LogP contribution in [0.3, 0.4) is 0 Å². The molecule has 0 aliphatic carbocycles. The van der Waals surface area contributed by atoms with Gasteiger partial charge in [0.2, 0.25) is 0 Å². The molecule has 6 nitrogen and oxygen atoms in total. The van der Waals surface area contributed by atoms with Crippen LogP contribution in [0.5, 0.6) is 0 Å². The first kappa shape index (κ1) is 12.2. The fraction of sp³-hybridized carbons (Fsp3) is 0.818. The van der Waals surface area contributed by atoms with E-state index < -0.39 is 4.92 Å². The predicted molar refractivity (Wildman–Crippen MR) is 62.8 cm³/mol. The second kappa shape index (κ2) is 5.35. The molecule has 0 spiro atoms. The van der Waals surface area contributed by atoms with E-state index in [9.17, 15) is 10.1 Å². The molecule has 0 radical (unpaired) electrons. The molecule has 1 N–H and O–H groups in total. The lowest BCUT2D eigenvalue weighted by Crippen LogP contribution is -2.42. The van der Waals surface area contributed by atoms with Crippen LogP contribution in [0.25, 0.3) is 0 Å². The van der Waals surface area contributed by atoms with Crippen molar-refractivity contribution in [3.05, 3.63) is 22.1 Å². The van der Waals surface area contributed by atoms with Gasteiger partial charge in [-0.1, -0.05) is 0 Å². The monoisotopic (exact) mass is 241 g/mol. The summed E-state index contributed by atoms with van der Waals surface area (Å²) in [4.78, 5) is 12.2. The molecule has 2 atom stereocenters. The van der Waals surface area contributed by atoms with Gasteiger partial charge >= 0.3 is 0 Å². The lowest BCUT2D eigenvalue weighted by atomic mass is 10.1. The van der Waals surface area contributed by atoms with Gasteiger partial charge in [0.25, 0.3) is 6.20 Å². The second-order valence-electron chi connectivity index (χ2n) is 4.77. The third-order valence-electron chi connectivity index (χ3n) is 3.24. The highest BCUT2D eigenvalue weighted by atomic mass is 16.6. The van der Waals surface area contributed by atoms with Gasteiger partial charge in [0, 0.05) is 25.6 Å². The van der Waals surface area contributed by atoms with E-state index in [0.29, 0.717) is 17.8 Å². The molecule has 0 aromatic rings. The lowest BCUT2D eigenvalue weighted by Gasteiger charge is -2.32. The van der Waals surface area contributed by atoms with E-state index in [1.807, 2.05) is 0 Å². The summed E-state index contributed by atoms with van der Waals surface area (Å²) in [5.41, 5.74) is 0. The molecule has 0 aromatic carbocycles. The van der Waals surface area contributed by atoms with E-state index in [1.165, 1.54) is 0 Å². The van der Waals surface area contributed by atoms with Crippen molar-refractivity contribution in [2.75, 3.05) is 26.2 Å². The van der Waals surface area contributed by atoms with Gasteiger partial charge in [0.1, 0.15) is 0 Å². The highest BCUT2D eigenvalue weighted by Crippen LogP contribution is 2.22. The molecule has 2 fully saturated rings. The van der Waals surface area contributed by atoms with E-state index in [-0.39, 0.29) is 0 Å². The van der Waals surface area contributed by atoms with Gasteiger partial charge in [-0.05, 0) is 19.8 Å². The summed E-state index contributed by atoms with van der Waals surface area (Å²) < 4.78 is 5.52. The van der Waals surface area contributed by atoms with E-state index in [1.54, 1.807) is 0 Å². The maximum Gasteiger partial charge on any atom is 0.274 e. The summed E-state index contributed by atoms with van der Waals surface area (Å²) in [5, 5.41) is 13.6. The van der Waals surface area contributed by atoms with Crippen LogP contribution < -0.4 is 5.32 Å². The molecule has 6 heteroatoms. The summed E-state index contributed by atoms with van der Waals surface area (Å²) in [7, 11) is 0. The molecule has 0 bridgehead atoms. The summed E-state index contributed by atoms with van der Waals surface area (Å²) >= 11 is 0. The van der Waals surface area contributed by atoms with Gasteiger partial charge in [0.05, 0.1) is 17.6 Å². The van der Waals surface area contributed by atoms with Crippen molar-refractivity contribution < 1.29 is 9.66 Å². The molecule has 0 amide bonds. The molecule has 2 saturated heterocycles. The molecule has 2 heterocycles. The number of nitrogens with zero attached hydrogens (tertiary/aromatic N) is 2. The lowest BCUT2D eigenvalue weighted by molar-refractivity contribution is -0.404. The van der Waals surface area contributed by atoms with Crippen LogP contribution in [-0.2, 0) is 4.74 Å². The Balaban J connectivity index is 1.94. The Morgan fingerprint density at radius 2 is 2.53 bits per heavy atom. The van der Waals surface area contributed by atoms with Crippen LogP contribution in [0.15, 0.2) is 12.0 Å². The molecular weight excluding hydrogens is 222 g/mol. The molecule has 2 unspecified atom stereocenters. The molecule has 2 aliphatic heterocycles. The maximum absolute atomic E-state index is 10.5. The number of hydrogen-bond donors (Lipinski definition) is 1. The van der Waals surface area contributed by atoms with Gasteiger partial charge in [-0.15, -0.1) is 0 Å². The van der Waals surface area contributed by atoms with Crippen LogP contribution in [0.2, 0.25) is 0 Å². The first-order valence-electron chi connectivity index (χ1n) is 6.11. The summed E-state index contributed by atoms with van der Waals surface area (Å²) in [6, 6.07) is 0. The van der Waals surface area contributed by atoms with Gasteiger partial charge in [-0.3, -0.25) is 10.1 Å². The van der Waals surface area contributed by atoms with Crippen molar-refractivity contribution in [1.82, 2.24) is 10.2 Å². The Morgan fingerprint density at radius 3 is 3.18 bits per heavy atom. The van der Waals surface area contributed by atoms with E-state index in [0.717, 1.165) is 45.3 Å². The highest BCUT2D eigenvalue weighted by molar-refractivity contribution is 4.98. The van der Waals surface area contributed by atoms with Gasteiger partial charge in [-0.2, -0.15) is 0 Å². The average molecular weight is 241 g/mol. The average Bonchev–Trinajstić information content (AvgIpc) is 2.66. The van der Waals surface area contributed by atoms with Crippen molar-refractivity contribution in [2.45, 2.75) is 25.9 Å². The maximum atomic E-state index is 10.5. The van der Waals surface area contributed by atoms with Gasteiger partial charge < -0.3 is 15.0 Å². The van der Waals surface area contributed by atoms with Crippen molar-refractivity contribution in [1.29, 1.82) is 0 Å². The topological polar surface area (TPSA) is 67.6 Å². The number of ether oxygens (including phenoxy) is 1. The van der Waals surface area contributed by atoms with E-state index in [2.05, 4.69) is 17.1 Å². The fourth-order valence-corrected chi connectivity index (χ4v) is 2.48. The van der Waals surface area contributed by atoms with Crippen molar-refractivity contribution in [3.63, 3.8) is 0 Å². The normalized spacial score (nSPS) is 31.6. The van der Waals surface area contributed by atoms with Crippen LogP contribution in [0, 0.1) is 16.0 Å². The molecule has 2 aliphatic rings. The molecule has 0 saturated carbocycles. The minimum Gasteiger partial charge on any atom is -0.378 e. The van der Waals surface area contributed by atoms with Crippen LogP contribution in [0.1, 0.15) is 19.8 Å². The predicted octanol–water partition coefficient (Wildman–Crippen LogP) is 0.782. The molecule has 17 heavy (non-hydrogen) atoms. The highest BCUT2D eigenvalue weighted by Gasteiger charge is 2.26. The third kappa shape index (κ3) is 3.33. The standard InChI is InChI=1S/C11H19N3O3/c1-9-5-10(8-17-9)6-13-4-2-3-12-11(13)7-14(15)16/h7,9-10,12H,2-6,8H2,1H3/b11-7+. The first-order valence-corrected chi connectivity index (χ1v) is 6.11.